The van der Waals surface area contributed by atoms with Crippen molar-refractivity contribution in [3.63, 3.8) is 0 Å². The molecule has 0 atom stereocenters. The summed E-state index contributed by atoms with van der Waals surface area (Å²) in [5.74, 6) is 0. The van der Waals surface area contributed by atoms with Crippen LogP contribution in [0.15, 0.2) is 389 Å². The second-order valence-corrected chi connectivity index (χ2v) is 34.6. The summed E-state index contributed by atoms with van der Waals surface area (Å²) in [7, 11) is 0. The van der Waals surface area contributed by atoms with Crippen molar-refractivity contribution in [1.29, 1.82) is 15.8 Å². The lowest BCUT2D eigenvalue weighted by atomic mass is 9.94. The highest BCUT2D eigenvalue weighted by Crippen LogP contribution is 2.49. The Morgan fingerprint density at radius 2 is 0.589 bits per heavy atom. The SMILES string of the molecule is N#Cc1cc(-c2ccc(-c3cc4sc5ccccc5c4c4ccccc34)cc2)ccn1.N#Cc1ccnc(-c2ccc(-c3cc4sc5ccccc5c4c4ccccc34)cc2)c1.N#Cc1cncc(-c2ccc(-c3cc4sc5ccccc5c4c4ccccc34)cc2)c1.[C-]#[N+]c1ccnc(-c2cccc(-c3cc4sc5ccccc5c4c4ccccc34)c2)c1. The highest BCUT2D eigenvalue weighted by molar-refractivity contribution is 7.27. The van der Waals surface area contributed by atoms with Gasteiger partial charge in [-0.1, -0.05) is 261 Å². The van der Waals surface area contributed by atoms with Gasteiger partial charge < -0.3 is 0 Å². The monoisotopic (exact) mass is 1650 g/mol. The molecule has 0 saturated heterocycles. The van der Waals surface area contributed by atoms with Crippen molar-refractivity contribution in [1.82, 2.24) is 19.9 Å². The average molecular weight is 1650 g/mol. The molecule has 12 heteroatoms. The normalized spacial score (nSPS) is 11.2. The molecular formula is C112H64N8S4. The second kappa shape index (κ2) is 32.6. The molecule has 0 unspecified atom stereocenters. The zero-order chi connectivity index (χ0) is 83.1. The van der Waals surface area contributed by atoms with Gasteiger partial charge in [0.05, 0.1) is 35.2 Å². The standard InChI is InChI=1S/4C28H16N2S/c1-29-20-13-14-30-25(16-20)19-8-6-7-18(15-19)24-17-27-28(22-10-3-2-9-21(22)24)23-11-4-5-12-26(23)31-27;29-15-18-13-21(17-30-16-18)19-9-11-20(12-10-19)25-14-27-28(23-6-2-1-5-22(23)25)24-7-3-4-8-26(24)31-27;29-17-18-13-14-30-25(15-18)20-11-9-19(10-12-20)24-16-27-28(22-6-2-1-5-21(22)24)23-7-3-4-8-26(23)31-27;29-17-21-15-20(13-14-30-21)18-9-11-19(12-10-18)25-16-27-28(23-6-2-1-5-22(23)25)24-7-3-4-8-26(24)31-27/h2-17H;1-14,16-17H;2*1-16H. The van der Waals surface area contributed by atoms with Crippen LogP contribution in [0.25, 0.3) is 218 Å². The van der Waals surface area contributed by atoms with Gasteiger partial charge in [0.2, 0.25) is 0 Å². The smallest absolute Gasteiger partial charge is 0.190 e. The van der Waals surface area contributed by atoms with Crippen molar-refractivity contribution >= 4 is 175 Å². The summed E-state index contributed by atoms with van der Waals surface area (Å²) in [6, 6.07) is 132. The van der Waals surface area contributed by atoms with Gasteiger partial charge >= 0.3 is 0 Å². The maximum absolute atomic E-state index is 9.16. The zero-order valence-corrected chi connectivity index (χ0v) is 69.4. The van der Waals surface area contributed by atoms with Crippen LogP contribution in [0, 0.1) is 40.6 Å². The maximum Gasteiger partial charge on any atom is 0.190 e. The van der Waals surface area contributed by atoms with Crippen molar-refractivity contribution in [3.05, 3.63) is 417 Å². The fourth-order valence-corrected chi connectivity index (χ4v) is 21.9. The number of pyridine rings is 4. The first-order valence-electron chi connectivity index (χ1n) is 40.4. The van der Waals surface area contributed by atoms with Crippen molar-refractivity contribution in [2.75, 3.05) is 0 Å². The highest BCUT2D eigenvalue weighted by Gasteiger charge is 2.20. The summed E-state index contributed by atoms with van der Waals surface area (Å²) in [4.78, 5) is 20.7. The Morgan fingerprint density at radius 1 is 0.234 bits per heavy atom. The van der Waals surface area contributed by atoms with Crippen LogP contribution in [0.2, 0.25) is 0 Å². The van der Waals surface area contributed by atoms with Gasteiger partial charge in [0.1, 0.15) is 17.8 Å². The third-order valence-corrected chi connectivity index (χ3v) is 27.5. The Balaban J connectivity index is 0.000000101. The van der Waals surface area contributed by atoms with E-state index in [9.17, 15) is 0 Å². The lowest BCUT2D eigenvalue weighted by molar-refractivity contribution is 1.26. The number of hydrogen-bond donors (Lipinski definition) is 0. The first kappa shape index (κ1) is 75.5. The molecule has 0 aliphatic heterocycles. The van der Waals surface area contributed by atoms with Gasteiger partial charge in [0, 0.05) is 123 Å². The minimum absolute atomic E-state index is 0.433. The van der Waals surface area contributed by atoms with E-state index in [1.807, 2.05) is 75.7 Å². The van der Waals surface area contributed by atoms with E-state index in [1.165, 1.54) is 163 Å². The van der Waals surface area contributed by atoms with Crippen molar-refractivity contribution in [2.45, 2.75) is 0 Å². The van der Waals surface area contributed by atoms with Gasteiger partial charge in [-0.05, 0) is 207 Å². The second-order valence-electron chi connectivity index (χ2n) is 30.2. The summed E-state index contributed by atoms with van der Waals surface area (Å²) in [6.45, 7) is 7.29. The number of nitriles is 3. The molecule has 0 aliphatic rings. The van der Waals surface area contributed by atoms with Gasteiger partial charge in [-0.2, -0.15) is 15.8 Å². The first-order chi connectivity index (χ1) is 61.3. The molecule has 16 aromatic carbocycles. The Labute approximate surface area is 729 Å². The Morgan fingerprint density at radius 3 is 1.01 bits per heavy atom. The number of benzene rings is 16. The topological polar surface area (TPSA) is 127 Å². The molecule has 24 aromatic rings. The molecule has 0 radical (unpaired) electrons. The van der Waals surface area contributed by atoms with E-state index in [2.05, 4.69) is 358 Å². The lowest BCUT2D eigenvalue weighted by Crippen LogP contribution is -1.86. The van der Waals surface area contributed by atoms with E-state index in [-0.39, 0.29) is 0 Å². The molecule has 0 fully saturated rings. The molecular weight excluding hydrogens is 1590 g/mol. The van der Waals surface area contributed by atoms with E-state index in [4.69, 9.17) is 22.4 Å². The fourth-order valence-electron chi connectivity index (χ4n) is 17.3. The van der Waals surface area contributed by atoms with E-state index in [1.54, 1.807) is 43.1 Å². The number of thiophene rings is 4. The quantitative estimate of drug-likeness (QED) is 0.139. The number of hydrogen-bond acceptors (Lipinski definition) is 11. The lowest BCUT2D eigenvalue weighted by Gasteiger charge is -2.11. The van der Waals surface area contributed by atoms with Crippen molar-refractivity contribution in [3.8, 4) is 107 Å². The van der Waals surface area contributed by atoms with Gasteiger partial charge in [0.25, 0.3) is 0 Å². The Hall–Kier alpha value is -16.0. The van der Waals surface area contributed by atoms with Crippen LogP contribution in [-0.2, 0) is 0 Å². The molecule has 0 aliphatic carbocycles. The summed E-state index contributed by atoms with van der Waals surface area (Å²) in [6.07, 6.45) is 8.46. The van der Waals surface area contributed by atoms with Crippen molar-refractivity contribution in [2.24, 2.45) is 0 Å². The fraction of sp³-hybridized carbons (Fsp3) is 0. The minimum Gasteiger partial charge on any atom is -0.263 e. The third-order valence-electron chi connectivity index (χ3n) is 23.1. The number of fused-ring (bicyclic) bond motifs is 20. The summed E-state index contributed by atoms with van der Waals surface area (Å²) in [5.41, 5.74) is 19.6. The molecule has 8 aromatic heterocycles. The predicted octanol–water partition coefficient (Wildman–Crippen LogP) is 31.9. The van der Waals surface area contributed by atoms with Gasteiger partial charge in [-0.25, -0.2) is 9.83 Å². The molecule has 0 spiro atoms. The van der Waals surface area contributed by atoms with Gasteiger partial charge in [-0.15, -0.1) is 45.3 Å². The molecule has 576 valence electrons. The van der Waals surface area contributed by atoms with E-state index in [0.717, 1.165) is 50.3 Å². The van der Waals surface area contributed by atoms with Crippen LogP contribution in [-0.4, -0.2) is 19.9 Å². The van der Waals surface area contributed by atoms with E-state index < -0.39 is 0 Å². The number of aromatic nitrogens is 4. The number of rotatable bonds is 8. The molecule has 0 saturated carbocycles. The Bertz CT molecular complexity index is 7970. The van der Waals surface area contributed by atoms with Crippen LogP contribution in [0.3, 0.4) is 0 Å². The van der Waals surface area contributed by atoms with Gasteiger partial charge in [0.15, 0.2) is 5.69 Å². The van der Waals surface area contributed by atoms with Crippen LogP contribution in [0.5, 0.6) is 0 Å². The number of nitrogens with zero attached hydrogens (tertiary/aromatic N) is 8. The third kappa shape index (κ3) is 14.1. The Kier molecular flexibility index (Phi) is 19.8. The largest absolute Gasteiger partial charge is 0.263 e. The molecule has 124 heavy (non-hydrogen) atoms. The minimum atomic E-state index is 0.433. The van der Waals surface area contributed by atoms with Gasteiger partial charge in [-0.3, -0.25) is 15.0 Å². The summed E-state index contributed by atoms with van der Waals surface area (Å²) < 4.78 is 10.5. The summed E-state index contributed by atoms with van der Waals surface area (Å²) >= 11 is 7.40. The zero-order valence-electron chi connectivity index (χ0n) is 66.2. The molecule has 8 heterocycles. The van der Waals surface area contributed by atoms with Crippen LogP contribution in [0.1, 0.15) is 16.8 Å². The van der Waals surface area contributed by atoms with E-state index in [0.29, 0.717) is 22.5 Å². The average Bonchev–Trinajstić information content (AvgIpc) is 1.57. The molecule has 24 rings (SSSR count). The van der Waals surface area contributed by atoms with Crippen molar-refractivity contribution < 1.29 is 0 Å². The maximum atomic E-state index is 9.16. The van der Waals surface area contributed by atoms with Crippen LogP contribution >= 0.6 is 45.3 Å². The highest BCUT2D eigenvalue weighted by atomic mass is 32.1. The van der Waals surface area contributed by atoms with Crippen LogP contribution < -0.4 is 0 Å². The molecule has 8 nitrogen and oxygen atoms in total. The van der Waals surface area contributed by atoms with E-state index >= 15 is 0 Å². The first-order valence-corrected chi connectivity index (χ1v) is 43.7. The predicted molar refractivity (Wildman–Crippen MR) is 522 cm³/mol. The summed E-state index contributed by atoms with van der Waals surface area (Å²) in [5, 5.41) is 48.3. The van der Waals surface area contributed by atoms with Crippen LogP contribution in [0.4, 0.5) is 5.69 Å². The molecule has 0 N–H and O–H groups in total. The molecule has 0 bridgehead atoms. The molecule has 0 amide bonds.